The number of ether oxygens (including phenoxy) is 1. The number of carboxylic acid groups (broad SMARTS) is 1. The average Bonchev–Trinajstić information content (AvgIpc) is 3.04. The first-order valence-electron chi connectivity index (χ1n) is 7.58. The van der Waals surface area contributed by atoms with Gasteiger partial charge in [0.25, 0.3) is 0 Å². The quantitative estimate of drug-likeness (QED) is 0.749. The highest BCUT2D eigenvalue weighted by Crippen LogP contribution is 2.36. The Kier molecular flexibility index (Phi) is 5.39. The Hall–Kier alpha value is -1.41. The number of aliphatic carboxylic acids is 1. The van der Waals surface area contributed by atoms with Gasteiger partial charge in [-0.3, -0.25) is 9.69 Å². The number of nitrogens with zero attached hydrogens (tertiary/aromatic N) is 1. The van der Waals surface area contributed by atoms with Crippen LogP contribution in [0.25, 0.3) is 0 Å². The van der Waals surface area contributed by atoms with Crippen LogP contribution in [0.1, 0.15) is 49.7 Å². The molecule has 0 saturated carbocycles. The lowest BCUT2D eigenvalue weighted by molar-refractivity contribution is -0.149. The molecule has 1 fully saturated rings. The number of ketones is 1. The van der Waals surface area contributed by atoms with Crippen LogP contribution in [0.3, 0.4) is 0 Å². The van der Waals surface area contributed by atoms with Crippen molar-refractivity contribution >= 4 is 45.1 Å². The second-order valence-corrected chi connectivity index (χ2v) is 9.24. The number of carbonyl (C=O) groups excluding carboxylic acids is 2. The number of rotatable bonds is 4. The highest BCUT2D eigenvalue weighted by atomic mass is 79.9. The molecule has 24 heavy (non-hydrogen) atoms. The summed E-state index contributed by atoms with van der Waals surface area (Å²) in [5.41, 5.74) is -2.28. The van der Waals surface area contributed by atoms with Gasteiger partial charge < -0.3 is 9.84 Å². The molecule has 2 rings (SSSR count). The molecular weight excluding hydrogens is 398 g/mol. The average molecular weight is 418 g/mol. The summed E-state index contributed by atoms with van der Waals surface area (Å²) < 4.78 is 6.12. The number of carbonyl (C=O) groups is 3. The molecule has 1 aliphatic rings. The fourth-order valence-corrected chi connectivity index (χ4v) is 4.08. The van der Waals surface area contributed by atoms with E-state index in [1.807, 2.05) is 0 Å². The normalized spacial score (nSPS) is 20.9. The van der Waals surface area contributed by atoms with Gasteiger partial charge in [-0.05, 0) is 61.7 Å². The van der Waals surface area contributed by atoms with Crippen LogP contribution in [-0.2, 0) is 9.53 Å². The van der Waals surface area contributed by atoms with Crippen LogP contribution < -0.4 is 0 Å². The number of likely N-dealkylation sites (tertiary alicyclic amines) is 1. The molecule has 132 valence electrons. The van der Waals surface area contributed by atoms with Crippen LogP contribution in [0.5, 0.6) is 0 Å². The summed E-state index contributed by atoms with van der Waals surface area (Å²) >= 11 is 4.54. The number of carboxylic acids is 1. The van der Waals surface area contributed by atoms with E-state index in [0.29, 0.717) is 11.3 Å². The molecule has 0 spiro atoms. The first-order valence-corrected chi connectivity index (χ1v) is 9.19. The summed E-state index contributed by atoms with van der Waals surface area (Å²) in [5.74, 6) is -1.46. The van der Waals surface area contributed by atoms with Crippen LogP contribution in [0.4, 0.5) is 4.79 Å². The van der Waals surface area contributed by atoms with Crippen LogP contribution in [0, 0.1) is 0 Å². The van der Waals surface area contributed by atoms with Gasteiger partial charge in [-0.1, -0.05) is 0 Å². The number of thiophene rings is 1. The zero-order chi connectivity index (χ0) is 18.1. The summed E-state index contributed by atoms with van der Waals surface area (Å²) in [6.45, 7) is 5.43. The standard InChI is InChI=1S/C16H20BrNO5S/c1-15(2,3)23-14(22)18-8-4-7-16(18,13(20)21)9-10(19)11-5-6-12(17)24-11/h5-6H,4,7-9H2,1-3H3,(H,20,21)/t16-/m0/s1. The third-order valence-electron chi connectivity index (χ3n) is 3.80. The smallest absolute Gasteiger partial charge is 0.411 e. The van der Waals surface area contributed by atoms with E-state index in [9.17, 15) is 19.5 Å². The van der Waals surface area contributed by atoms with E-state index in [1.54, 1.807) is 32.9 Å². The van der Waals surface area contributed by atoms with E-state index in [-0.39, 0.29) is 25.2 Å². The molecular formula is C16H20BrNO5S. The Morgan fingerprint density at radius 3 is 2.54 bits per heavy atom. The lowest BCUT2D eigenvalue weighted by Gasteiger charge is -2.35. The molecule has 1 saturated heterocycles. The molecule has 0 aromatic carbocycles. The molecule has 0 bridgehead atoms. The van der Waals surface area contributed by atoms with E-state index in [1.165, 1.54) is 16.2 Å². The number of hydrogen-bond donors (Lipinski definition) is 1. The van der Waals surface area contributed by atoms with Crippen molar-refractivity contribution in [2.45, 2.75) is 51.2 Å². The Morgan fingerprint density at radius 2 is 2.04 bits per heavy atom. The van der Waals surface area contributed by atoms with Crippen molar-refractivity contribution in [3.8, 4) is 0 Å². The van der Waals surface area contributed by atoms with Crippen LogP contribution in [0.2, 0.25) is 0 Å². The minimum Gasteiger partial charge on any atom is -0.479 e. The van der Waals surface area contributed by atoms with E-state index in [2.05, 4.69) is 15.9 Å². The van der Waals surface area contributed by atoms with Crippen molar-refractivity contribution in [3.05, 3.63) is 20.8 Å². The lowest BCUT2D eigenvalue weighted by Crippen LogP contribution is -2.55. The maximum Gasteiger partial charge on any atom is 0.411 e. The van der Waals surface area contributed by atoms with Crippen LogP contribution >= 0.6 is 27.3 Å². The zero-order valence-electron chi connectivity index (χ0n) is 13.8. The van der Waals surface area contributed by atoms with Crippen molar-refractivity contribution in [2.24, 2.45) is 0 Å². The van der Waals surface area contributed by atoms with E-state index in [4.69, 9.17) is 4.74 Å². The molecule has 1 aromatic rings. The van der Waals surface area contributed by atoms with Gasteiger partial charge in [-0.2, -0.15) is 0 Å². The van der Waals surface area contributed by atoms with Crippen molar-refractivity contribution in [3.63, 3.8) is 0 Å². The molecule has 1 amide bonds. The SMILES string of the molecule is CC(C)(C)OC(=O)N1CCC[C@]1(CC(=O)c1ccc(Br)s1)C(=O)O. The minimum absolute atomic E-state index is 0.236. The molecule has 0 unspecified atom stereocenters. The molecule has 1 atom stereocenters. The molecule has 0 radical (unpaired) electrons. The second-order valence-electron chi connectivity index (χ2n) is 6.78. The number of Topliss-reactive ketones (excluding diaryl/α,β-unsaturated/α-hetero) is 1. The predicted molar refractivity (Wildman–Crippen MR) is 93.5 cm³/mol. The fraction of sp³-hybridized carbons (Fsp3) is 0.562. The number of hydrogen-bond acceptors (Lipinski definition) is 5. The monoisotopic (exact) mass is 417 g/mol. The van der Waals surface area contributed by atoms with Crippen molar-refractivity contribution in [1.82, 2.24) is 4.90 Å². The number of halogens is 1. The zero-order valence-corrected chi connectivity index (χ0v) is 16.2. The van der Waals surface area contributed by atoms with Crippen LogP contribution in [0.15, 0.2) is 15.9 Å². The van der Waals surface area contributed by atoms with Crippen molar-refractivity contribution in [2.75, 3.05) is 6.54 Å². The van der Waals surface area contributed by atoms with Gasteiger partial charge in [0.05, 0.1) is 8.66 Å². The van der Waals surface area contributed by atoms with E-state index in [0.717, 1.165) is 3.79 Å². The van der Waals surface area contributed by atoms with Crippen molar-refractivity contribution < 1.29 is 24.2 Å². The van der Waals surface area contributed by atoms with Gasteiger partial charge in [0.2, 0.25) is 0 Å². The van der Waals surface area contributed by atoms with Gasteiger partial charge in [-0.15, -0.1) is 11.3 Å². The van der Waals surface area contributed by atoms with E-state index >= 15 is 0 Å². The van der Waals surface area contributed by atoms with Gasteiger partial charge in [-0.25, -0.2) is 9.59 Å². The maximum atomic E-state index is 12.5. The fourth-order valence-electron chi connectivity index (χ4n) is 2.76. The summed E-state index contributed by atoms with van der Waals surface area (Å²) in [5, 5.41) is 9.77. The van der Waals surface area contributed by atoms with E-state index < -0.39 is 23.2 Å². The van der Waals surface area contributed by atoms with Gasteiger partial charge in [0.1, 0.15) is 5.60 Å². The predicted octanol–water partition coefficient (Wildman–Crippen LogP) is 3.94. The second kappa shape index (κ2) is 6.84. The first kappa shape index (κ1) is 18.9. The molecule has 8 heteroatoms. The highest BCUT2D eigenvalue weighted by molar-refractivity contribution is 9.11. The molecule has 2 heterocycles. The van der Waals surface area contributed by atoms with Crippen LogP contribution in [-0.4, -0.2) is 45.5 Å². The topological polar surface area (TPSA) is 83.9 Å². The lowest BCUT2D eigenvalue weighted by atomic mass is 9.89. The molecule has 6 nitrogen and oxygen atoms in total. The first-order chi connectivity index (χ1) is 11.0. The van der Waals surface area contributed by atoms with Gasteiger partial charge >= 0.3 is 12.1 Å². The maximum absolute atomic E-state index is 12.5. The molecule has 1 aliphatic heterocycles. The third kappa shape index (κ3) is 3.97. The summed E-state index contributed by atoms with van der Waals surface area (Å²) in [4.78, 5) is 38.6. The van der Waals surface area contributed by atoms with Gasteiger partial charge in [0.15, 0.2) is 11.3 Å². The summed E-state index contributed by atoms with van der Waals surface area (Å²) in [6, 6.07) is 3.39. The molecule has 1 aromatic heterocycles. The number of amides is 1. The Morgan fingerprint density at radius 1 is 1.38 bits per heavy atom. The van der Waals surface area contributed by atoms with Gasteiger partial charge in [0, 0.05) is 13.0 Å². The molecule has 0 aliphatic carbocycles. The Balaban J connectivity index is 2.27. The van der Waals surface area contributed by atoms with Crippen molar-refractivity contribution in [1.29, 1.82) is 0 Å². The Labute approximate surface area is 152 Å². The summed E-state index contributed by atoms with van der Waals surface area (Å²) in [6.07, 6.45) is -0.191. The molecule has 1 N–H and O–H groups in total. The highest BCUT2D eigenvalue weighted by Gasteiger charge is 2.52. The largest absolute Gasteiger partial charge is 0.479 e. The summed E-state index contributed by atoms with van der Waals surface area (Å²) in [7, 11) is 0. The minimum atomic E-state index is -1.55. The Bertz CT molecular complexity index is 666. The third-order valence-corrected chi connectivity index (χ3v) is 5.47.